The number of aryl methyl sites for hydroxylation is 1. The van der Waals surface area contributed by atoms with Crippen molar-refractivity contribution in [3.63, 3.8) is 0 Å². The summed E-state index contributed by atoms with van der Waals surface area (Å²) < 4.78 is 2.04. The third-order valence-electron chi connectivity index (χ3n) is 7.87. The van der Waals surface area contributed by atoms with E-state index in [2.05, 4.69) is 39.3 Å². The molecular weight excluding hydrogens is 538 g/mol. The molecule has 2 N–H and O–H groups in total. The number of hydrogen-bond acceptors (Lipinski definition) is 6. The Balaban J connectivity index is 1.26. The van der Waals surface area contributed by atoms with Crippen LogP contribution in [-0.4, -0.2) is 62.1 Å². The van der Waals surface area contributed by atoms with Gasteiger partial charge in [0.25, 0.3) is 5.91 Å². The number of aromatic nitrogens is 4. The number of carbonyl (C=O) groups excluding carboxylic acids is 2. The van der Waals surface area contributed by atoms with Crippen molar-refractivity contribution in [1.29, 1.82) is 0 Å². The smallest absolute Gasteiger partial charge is 0.272 e. The minimum Gasteiger partial charge on any atom is -0.353 e. The van der Waals surface area contributed by atoms with Gasteiger partial charge in [-0.3, -0.25) is 19.2 Å². The van der Waals surface area contributed by atoms with Crippen LogP contribution in [0, 0.1) is 5.92 Å². The summed E-state index contributed by atoms with van der Waals surface area (Å²) in [6.45, 7) is 8.01. The molecule has 3 aromatic rings. The fourth-order valence-electron chi connectivity index (χ4n) is 5.62. The van der Waals surface area contributed by atoms with Crippen molar-refractivity contribution in [1.82, 2.24) is 35.3 Å². The molecule has 2 aliphatic rings. The summed E-state index contributed by atoms with van der Waals surface area (Å²) in [6.07, 6.45) is 9.11. The normalized spacial score (nSPS) is 18.9. The highest BCUT2D eigenvalue weighted by Gasteiger charge is 2.30. The molecule has 0 saturated heterocycles. The zero-order valence-corrected chi connectivity index (χ0v) is 24.8. The van der Waals surface area contributed by atoms with Crippen LogP contribution in [0.4, 0.5) is 0 Å². The van der Waals surface area contributed by atoms with Crippen LogP contribution in [0.3, 0.4) is 0 Å². The molecule has 2 bridgehead atoms. The van der Waals surface area contributed by atoms with Gasteiger partial charge in [-0.15, -0.1) is 0 Å². The van der Waals surface area contributed by atoms with Gasteiger partial charge < -0.3 is 10.6 Å². The second kappa shape index (κ2) is 13.6. The Labute approximate surface area is 247 Å². The molecule has 0 fully saturated rings. The molecule has 9 nitrogen and oxygen atoms in total. The van der Waals surface area contributed by atoms with Gasteiger partial charge in [-0.1, -0.05) is 25.4 Å². The molecule has 5 rings (SSSR count). The Bertz CT molecular complexity index is 1340. The maximum Gasteiger partial charge on any atom is 0.272 e. The molecule has 1 aliphatic carbocycles. The van der Waals surface area contributed by atoms with Crippen LogP contribution in [0.25, 0.3) is 11.4 Å². The molecule has 1 aliphatic heterocycles. The predicted molar refractivity (Wildman–Crippen MR) is 160 cm³/mol. The van der Waals surface area contributed by atoms with Crippen molar-refractivity contribution in [3.05, 3.63) is 64.2 Å². The Morgan fingerprint density at radius 1 is 1.05 bits per heavy atom. The molecule has 0 spiro atoms. The minimum absolute atomic E-state index is 0.0295. The summed E-state index contributed by atoms with van der Waals surface area (Å²) >= 11 is 6.00. The Hall–Kier alpha value is -3.30. The van der Waals surface area contributed by atoms with E-state index in [1.165, 1.54) is 0 Å². The largest absolute Gasteiger partial charge is 0.353 e. The first-order chi connectivity index (χ1) is 19.9. The van der Waals surface area contributed by atoms with Crippen molar-refractivity contribution in [2.75, 3.05) is 19.6 Å². The lowest BCUT2D eigenvalue weighted by molar-refractivity contribution is -0.122. The van der Waals surface area contributed by atoms with E-state index < -0.39 is 0 Å². The number of nitrogens with zero attached hydrogens (tertiary/aromatic N) is 5. The molecule has 1 aromatic carbocycles. The molecule has 0 saturated carbocycles. The fraction of sp³-hybridized carbons (Fsp3) is 0.516. The minimum atomic E-state index is -0.121. The van der Waals surface area contributed by atoms with Crippen LogP contribution >= 0.6 is 11.6 Å². The van der Waals surface area contributed by atoms with E-state index in [0.29, 0.717) is 48.4 Å². The highest BCUT2D eigenvalue weighted by atomic mass is 35.5. The monoisotopic (exact) mass is 577 g/mol. The highest BCUT2D eigenvalue weighted by Crippen LogP contribution is 2.26. The van der Waals surface area contributed by atoms with Gasteiger partial charge in [0.15, 0.2) is 11.5 Å². The zero-order chi connectivity index (χ0) is 28.8. The van der Waals surface area contributed by atoms with E-state index in [0.717, 1.165) is 74.1 Å². The average Bonchev–Trinajstić information content (AvgIpc) is 3.32. The van der Waals surface area contributed by atoms with Crippen LogP contribution in [-0.2, 0) is 30.7 Å². The molecule has 41 heavy (non-hydrogen) atoms. The Kier molecular flexibility index (Phi) is 9.67. The highest BCUT2D eigenvalue weighted by molar-refractivity contribution is 6.30. The third kappa shape index (κ3) is 7.71. The maximum atomic E-state index is 13.3. The van der Waals surface area contributed by atoms with Crippen molar-refractivity contribution in [3.8, 4) is 11.4 Å². The van der Waals surface area contributed by atoms with Crippen LogP contribution in [0.2, 0.25) is 5.02 Å². The van der Waals surface area contributed by atoms with Crippen molar-refractivity contribution in [2.45, 2.75) is 77.9 Å². The average molecular weight is 578 g/mol. The van der Waals surface area contributed by atoms with Crippen molar-refractivity contribution in [2.24, 2.45) is 5.92 Å². The lowest BCUT2D eigenvalue weighted by Crippen LogP contribution is -2.39. The summed E-state index contributed by atoms with van der Waals surface area (Å²) in [5.41, 5.74) is 4.60. The number of benzene rings is 1. The van der Waals surface area contributed by atoms with Gasteiger partial charge in [-0.05, 0) is 75.3 Å². The summed E-state index contributed by atoms with van der Waals surface area (Å²) in [6, 6.07) is 7.51. The summed E-state index contributed by atoms with van der Waals surface area (Å²) in [7, 11) is 0. The van der Waals surface area contributed by atoms with E-state index in [1.54, 1.807) is 0 Å². The first kappa shape index (κ1) is 29.2. The van der Waals surface area contributed by atoms with E-state index >= 15 is 0 Å². The van der Waals surface area contributed by atoms with Crippen LogP contribution < -0.4 is 10.6 Å². The number of halogens is 1. The van der Waals surface area contributed by atoms with Gasteiger partial charge in [-0.25, -0.2) is 9.97 Å². The standard InChI is InChI=1S/C31H40ClN7O2/c1-21(2)12-16-39-27-11-10-25-17-26(27)29(37-39)31(41)33-13-4-15-38(14-3-5-28(40)36-25)20-22-18-34-30(35-19-22)23-6-8-24(32)9-7-23/h6-9,18-19,21,25H,3-5,10-17,20H2,1-2H3,(H,33,41)(H,36,40). The predicted octanol–water partition coefficient (Wildman–Crippen LogP) is 4.43. The van der Waals surface area contributed by atoms with Crippen LogP contribution in [0.15, 0.2) is 36.7 Å². The van der Waals surface area contributed by atoms with Gasteiger partial charge in [0.05, 0.1) is 0 Å². The van der Waals surface area contributed by atoms with E-state index in [4.69, 9.17) is 16.7 Å². The van der Waals surface area contributed by atoms with Gasteiger partial charge in [0, 0.05) is 78.4 Å². The van der Waals surface area contributed by atoms with Gasteiger partial charge in [0.2, 0.25) is 5.91 Å². The van der Waals surface area contributed by atoms with Gasteiger partial charge in [0.1, 0.15) is 0 Å². The number of hydrogen-bond donors (Lipinski definition) is 2. The van der Waals surface area contributed by atoms with Gasteiger partial charge in [-0.2, -0.15) is 5.10 Å². The van der Waals surface area contributed by atoms with Crippen LogP contribution in [0.5, 0.6) is 0 Å². The first-order valence-corrected chi connectivity index (χ1v) is 15.2. The number of rotatable bonds is 6. The van der Waals surface area contributed by atoms with E-state index in [9.17, 15) is 9.59 Å². The molecular formula is C31H40ClN7O2. The molecule has 1 atom stereocenters. The summed E-state index contributed by atoms with van der Waals surface area (Å²) in [4.78, 5) is 37.6. The first-order valence-electron chi connectivity index (χ1n) is 14.8. The third-order valence-corrected chi connectivity index (χ3v) is 8.13. The fourth-order valence-corrected chi connectivity index (χ4v) is 5.75. The number of nitrogens with one attached hydrogen (secondary N) is 2. The molecule has 218 valence electrons. The molecule has 3 heterocycles. The second-order valence-corrected chi connectivity index (χ2v) is 12.0. The van der Waals surface area contributed by atoms with Gasteiger partial charge >= 0.3 is 0 Å². The van der Waals surface area contributed by atoms with Crippen molar-refractivity contribution >= 4 is 23.4 Å². The molecule has 2 aromatic heterocycles. The number of amides is 2. The molecule has 2 amide bonds. The maximum absolute atomic E-state index is 13.3. The van der Waals surface area contributed by atoms with E-state index in [1.807, 2.05) is 41.3 Å². The molecule has 0 radical (unpaired) electrons. The second-order valence-electron chi connectivity index (χ2n) is 11.6. The quantitative estimate of drug-likeness (QED) is 0.449. The zero-order valence-electron chi connectivity index (χ0n) is 24.0. The lowest BCUT2D eigenvalue weighted by atomic mass is 9.91. The summed E-state index contributed by atoms with van der Waals surface area (Å²) in [5, 5.41) is 11.8. The number of carbonyl (C=O) groups is 2. The topological polar surface area (TPSA) is 105 Å². The summed E-state index contributed by atoms with van der Waals surface area (Å²) in [5.74, 6) is 1.17. The number of fused-ring (bicyclic) bond motifs is 1. The Morgan fingerprint density at radius 3 is 2.56 bits per heavy atom. The molecule has 1 unspecified atom stereocenters. The SMILES string of the molecule is CC(C)CCn1nc2c3c1CCC(C3)NC(=O)CCCN(Cc1cnc(-c3ccc(Cl)cc3)nc1)CCCNC2=O. The lowest BCUT2D eigenvalue weighted by Gasteiger charge is -2.25. The van der Waals surface area contributed by atoms with Crippen molar-refractivity contribution < 1.29 is 9.59 Å². The Morgan fingerprint density at radius 2 is 1.80 bits per heavy atom. The van der Waals surface area contributed by atoms with E-state index in [-0.39, 0.29) is 17.9 Å². The van der Waals surface area contributed by atoms with Crippen LogP contribution in [0.1, 0.15) is 73.3 Å². The molecule has 10 heteroatoms.